The Hall–Kier alpha value is -2.68. The molecule has 8 nitrogen and oxygen atoms in total. The number of benzene rings is 1. The van der Waals surface area contributed by atoms with Crippen LogP contribution in [0.3, 0.4) is 0 Å². The Balaban J connectivity index is 1.81. The van der Waals surface area contributed by atoms with Crippen LogP contribution in [-0.2, 0) is 23.9 Å². The van der Waals surface area contributed by atoms with Gasteiger partial charge in [-0.3, -0.25) is 14.4 Å². The molecule has 2 unspecified atom stereocenters. The number of aliphatic hydroxyl groups excluding tert-OH is 1. The third-order valence-corrected chi connectivity index (χ3v) is 7.70. The van der Waals surface area contributed by atoms with E-state index in [1.165, 1.54) is 15.9 Å². The molecule has 3 aliphatic rings. The standard InChI is InChI=1S/C26H31ClN2O6/c1-4-13-28(18-10-8-7-9-17(18)27)24(32)22-26-12-11-19(35-26)20(25(33)34-14-5-2)21(26)23(31)29(22)16(6-3)15-30/h4-5,7-10,16,19-22,30H,1-2,6,11-15H2,3H3/t16-,19-,20+,21-,22?,26?/m0/s1. The van der Waals surface area contributed by atoms with E-state index in [-0.39, 0.29) is 31.6 Å². The first-order valence-corrected chi connectivity index (χ1v) is 12.3. The van der Waals surface area contributed by atoms with Crippen LogP contribution in [0.1, 0.15) is 26.2 Å². The van der Waals surface area contributed by atoms with E-state index in [9.17, 15) is 19.5 Å². The van der Waals surface area contributed by atoms with Crippen molar-refractivity contribution in [3.05, 3.63) is 54.6 Å². The van der Waals surface area contributed by atoms with Gasteiger partial charge in [-0.05, 0) is 31.4 Å². The first kappa shape index (κ1) is 25.4. The van der Waals surface area contributed by atoms with Crippen molar-refractivity contribution in [2.75, 3.05) is 24.7 Å². The summed E-state index contributed by atoms with van der Waals surface area (Å²) in [4.78, 5) is 44.1. The molecule has 3 heterocycles. The lowest BCUT2D eigenvalue weighted by Crippen LogP contribution is -2.59. The molecule has 3 aliphatic heterocycles. The number of hydrogen-bond acceptors (Lipinski definition) is 6. The summed E-state index contributed by atoms with van der Waals surface area (Å²) in [5.41, 5.74) is -0.710. The van der Waals surface area contributed by atoms with E-state index in [1.54, 1.807) is 30.3 Å². The number of anilines is 1. The Morgan fingerprint density at radius 2 is 2.11 bits per heavy atom. The fourth-order valence-corrected chi connectivity index (χ4v) is 6.17. The molecule has 0 aliphatic carbocycles. The van der Waals surface area contributed by atoms with Crippen molar-refractivity contribution in [1.29, 1.82) is 0 Å². The summed E-state index contributed by atoms with van der Waals surface area (Å²) in [7, 11) is 0. The maximum atomic E-state index is 14.3. The Morgan fingerprint density at radius 3 is 2.74 bits per heavy atom. The predicted octanol–water partition coefficient (Wildman–Crippen LogP) is 2.73. The molecule has 2 amide bonds. The van der Waals surface area contributed by atoms with Gasteiger partial charge < -0.3 is 24.4 Å². The molecule has 4 rings (SSSR count). The van der Waals surface area contributed by atoms with E-state index in [1.807, 2.05) is 6.92 Å². The zero-order valence-electron chi connectivity index (χ0n) is 19.8. The van der Waals surface area contributed by atoms with Gasteiger partial charge in [-0.15, -0.1) is 6.58 Å². The molecule has 6 atom stereocenters. The van der Waals surface area contributed by atoms with E-state index in [0.717, 1.165) is 0 Å². The number of esters is 1. The second-order valence-electron chi connectivity index (χ2n) is 9.15. The van der Waals surface area contributed by atoms with Gasteiger partial charge in [0.25, 0.3) is 5.91 Å². The van der Waals surface area contributed by atoms with Gasteiger partial charge in [0.15, 0.2) is 0 Å². The Kier molecular flexibility index (Phi) is 7.35. The van der Waals surface area contributed by atoms with Gasteiger partial charge in [0, 0.05) is 6.54 Å². The molecular weight excluding hydrogens is 472 g/mol. The number of likely N-dealkylation sites (tertiary alicyclic amines) is 1. The number of nitrogens with zero attached hydrogens (tertiary/aromatic N) is 2. The van der Waals surface area contributed by atoms with Crippen molar-refractivity contribution in [3.8, 4) is 0 Å². The number of para-hydroxylation sites is 1. The number of aliphatic hydroxyl groups is 1. The molecule has 9 heteroatoms. The van der Waals surface area contributed by atoms with Crippen molar-refractivity contribution in [3.63, 3.8) is 0 Å². The maximum absolute atomic E-state index is 14.3. The largest absolute Gasteiger partial charge is 0.461 e. The van der Waals surface area contributed by atoms with Crippen molar-refractivity contribution in [2.24, 2.45) is 11.8 Å². The van der Waals surface area contributed by atoms with Gasteiger partial charge in [0.05, 0.1) is 41.3 Å². The molecule has 0 saturated carbocycles. The first-order chi connectivity index (χ1) is 16.9. The van der Waals surface area contributed by atoms with Crippen LogP contribution in [0.25, 0.3) is 0 Å². The minimum atomic E-state index is -1.19. The molecule has 0 aromatic heterocycles. The second-order valence-corrected chi connectivity index (χ2v) is 9.56. The Labute approximate surface area is 210 Å². The fourth-order valence-electron chi connectivity index (χ4n) is 5.94. The molecule has 1 N–H and O–H groups in total. The molecule has 1 spiro atoms. The third kappa shape index (κ3) is 3.97. The smallest absolute Gasteiger partial charge is 0.312 e. The van der Waals surface area contributed by atoms with Crippen LogP contribution in [0.5, 0.6) is 0 Å². The van der Waals surface area contributed by atoms with E-state index in [4.69, 9.17) is 21.1 Å². The average Bonchev–Trinajstić information content (AvgIpc) is 3.50. The van der Waals surface area contributed by atoms with Gasteiger partial charge in [-0.1, -0.05) is 49.4 Å². The highest BCUT2D eigenvalue weighted by Crippen LogP contribution is 2.59. The molecular formula is C26H31ClN2O6. The number of hydrogen-bond donors (Lipinski definition) is 1. The van der Waals surface area contributed by atoms with Crippen LogP contribution < -0.4 is 4.90 Å². The SMILES string of the molecule is C=CCOC(=O)[C@@H]1[C@@H]2CCC3(O2)C(C(=O)N(CC=C)c2ccccc2Cl)N([C@@H](CC)CO)C(=O)[C@H]13. The lowest BCUT2D eigenvalue weighted by Gasteiger charge is -2.39. The highest BCUT2D eigenvalue weighted by Gasteiger charge is 2.75. The molecule has 3 saturated heterocycles. The van der Waals surface area contributed by atoms with E-state index in [2.05, 4.69) is 13.2 Å². The molecule has 1 aromatic rings. The number of amides is 2. The zero-order chi connectivity index (χ0) is 25.3. The normalized spacial score (nSPS) is 29.6. The number of rotatable bonds is 10. The zero-order valence-corrected chi connectivity index (χ0v) is 20.5. The van der Waals surface area contributed by atoms with Crippen molar-refractivity contribution in [2.45, 2.75) is 50.0 Å². The second kappa shape index (κ2) is 10.1. The maximum Gasteiger partial charge on any atom is 0.312 e. The van der Waals surface area contributed by atoms with Crippen molar-refractivity contribution in [1.82, 2.24) is 4.90 Å². The molecule has 1 aromatic carbocycles. The number of ether oxygens (including phenoxy) is 2. The highest BCUT2D eigenvalue weighted by molar-refractivity contribution is 6.34. The average molecular weight is 503 g/mol. The van der Waals surface area contributed by atoms with Crippen molar-refractivity contribution >= 4 is 35.1 Å². The van der Waals surface area contributed by atoms with Gasteiger partial charge in [-0.2, -0.15) is 0 Å². The highest BCUT2D eigenvalue weighted by atomic mass is 35.5. The van der Waals surface area contributed by atoms with Crippen molar-refractivity contribution < 1.29 is 29.0 Å². The number of carbonyl (C=O) groups is 3. The van der Waals surface area contributed by atoms with Gasteiger partial charge in [0.2, 0.25) is 5.91 Å². The minimum Gasteiger partial charge on any atom is -0.461 e. The summed E-state index contributed by atoms with van der Waals surface area (Å²) in [5, 5.41) is 10.5. The summed E-state index contributed by atoms with van der Waals surface area (Å²) in [6.45, 7) is 9.06. The predicted molar refractivity (Wildman–Crippen MR) is 131 cm³/mol. The van der Waals surface area contributed by atoms with Gasteiger partial charge in [0.1, 0.15) is 18.2 Å². The molecule has 35 heavy (non-hydrogen) atoms. The number of halogens is 1. The van der Waals surface area contributed by atoms with E-state index in [0.29, 0.717) is 30.0 Å². The molecule has 3 fully saturated rings. The van der Waals surface area contributed by atoms with Crippen LogP contribution in [0, 0.1) is 11.8 Å². The monoisotopic (exact) mass is 502 g/mol. The topological polar surface area (TPSA) is 96.4 Å². The van der Waals surface area contributed by atoms with Crippen LogP contribution in [0.2, 0.25) is 5.02 Å². The molecule has 2 bridgehead atoms. The molecule has 188 valence electrons. The Bertz CT molecular complexity index is 1030. The minimum absolute atomic E-state index is 0.0237. The number of fused-ring (bicyclic) bond motifs is 1. The summed E-state index contributed by atoms with van der Waals surface area (Å²) < 4.78 is 11.7. The summed E-state index contributed by atoms with van der Waals surface area (Å²) >= 11 is 6.44. The fraction of sp³-hybridized carbons (Fsp3) is 0.500. The van der Waals surface area contributed by atoms with Crippen LogP contribution in [0.15, 0.2) is 49.6 Å². The van der Waals surface area contributed by atoms with E-state index >= 15 is 0 Å². The summed E-state index contributed by atoms with van der Waals surface area (Å²) in [5.74, 6) is -2.98. The summed E-state index contributed by atoms with van der Waals surface area (Å²) in [6.07, 6.45) is 3.94. The third-order valence-electron chi connectivity index (χ3n) is 7.38. The number of carbonyl (C=O) groups excluding carboxylic acids is 3. The quantitative estimate of drug-likeness (QED) is 0.390. The Morgan fingerprint density at radius 1 is 1.37 bits per heavy atom. The summed E-state index contributed by atoms with van der Waals surface area (Å²) in [6, 6.07) is 5.31. The van der Waals surface area contributed by atoms with Gasteiger partial charge >= 0.3 is 5.97 Å². The van der Waals surface area contributed by atoms with Crippen LogP contribution in [-0.4, -0.2) is 71.3 Å². The lowest BCUT2D eigenvalue weighted by molar-refractivity contribution is -0.154. The van der Waals surface area contributed by atoms with Crippen LogP contribution in [0.4, 0.5) is 5.69 Å². The van der Waals surface area contributed by atoms with Crippen LogP contribution >= 0.6 is 11.6 Å². The van der Waals surface area contributed by atoms with Gasteiger partial charge in [-0.25, -0.2) is 0 Å². The lowest BCUT2D eigenvalue weighted by atomic mass is 9.70. The van der Waals surface area contributed by atoms with E-state index < -0.39 is 41.6 Å². The first-order valence-electron chi connectivity index (χ1n) is 11.9. The molecule has 0 radical (unpaired) electrons.